The van der Waals surface area contributed by atoms with Gasteiger partial charge in [0, 0.05) is 24.8 Å². The van der Waals surface area contributed by atoms with Gasteiger partial charge in [0.05, 0.1) is 12.6 Å². The summed E-state index contributed by atoms with van der Waals surface area (Å²) in [6.07, 6.45) is 3.12. The van der Waals surface area contributed by atoms with E-state index in [1.807, 2.05) is 6.92 Å². The molecule has 2 aliphatic rings. The number of nitrogens with zero attached hydrogens (tertiary/aromatic N) is 2. The van der Waals surface area contributed by atoms with Crippen LogP contribution in [0, 0.1) is 0 Å². The Hall–Kier alpha value is -3.26. The molecule has 2 heterocycles. The fourth-order valence-corrected chi connectivity index (χ4v) is 4.58. The van der Waals surface area contributed by atoms with Gasteiger partial charge >= 0.3 is 12.1 Å². The van der Waals surface area contributed by atoms with Gasteiger partial charge < -0.3 is 30.7 Å². The van der Waals surface area contributed by atoms with E-state index in [0.717, 1.165) is 37.0 Å². The Kier molecular flexibility index (Phi) is 9.66. The molecule has 3 amide bonds. The predicted octanol–water partition coefficient (Wildman–Crippen LogP) is 1.81. The summed E-state index contributed by atoms with van der Waals surface area (Å²) in [5.74, 6) is -1.66. The van der Waals surface area contributed by atoms with E-state index < -0.39 is 41.3 Å². The molecule has 13 nitrogen and oxygen atoms in total. The molecule has 14 heteroatoms. The third-order valence-corrected chi connectivity index (χ3v) is 6.71. The van der Waals surface area contributed by atoms with Crippen LogP contribution in [-0.4, -0.2) is 71.0 Å². The number of anilines is 1. The largest absolute Gasteiger partial charge is 0.463 e. The van der Waals surface area contributed by atoms with Gasteiger partial charge in [-0.25, -0.2) is 14.6 Å². The van der Waals surface area contributed by atoms with E-state index in [0.29, 0.717) is 12.8 Å². The van der Waals surface area contributed by atoms with Crippen molar-refractivity contribution >= 4 is 46.1 Å². The molecule has 5 N–H and O–H groups in total. The molecule has 0 unspecified atom stereocenters. The lowest BCUT2D eigenvalue weighted by Gasteiger charge is -2.36. The number of hydrogen-bond donors (Lipinski definition) is 4. The molecule has 1 aliphatic carbocycles. The van der Waals surface area contributed by atoms with E-state index in [1.165, 1.54) is 5.38 Å². The first kappa shape index (κ1) is 29.3. The molecule has 0 bridgehead atoms. The smallest absolute Gasteiger partial charge is 0.413 e. The van der Waals surface area contributed by atoms with Crippen LogP contribution in [-0.2, 0) is 28.7 Å². The number of carbonyl (C=O) groups excluding carboxylic acids is 4. The lowest BCUT2D eigenvalue weighted by Crippen LogP contribution is -2.71. The van der Waals surface area contributed by atoms with Gasteiger partial charge in [0.2, 0.25) is 11.5 Å². The Balaban J connectivity index is 1.84. The third kappa shape index (κ3) is 7.40. The number of hydrogen-bond acceptors (Lipinski definition) is 11. The van der Waals surface area contributed by atoms with Crippen LogP contribution in [0.4, 0.5) is 9.93 Å². The molecule has 1 aromatic rings. The average molecular weight is 553 g/mol. The van der Waals surface area contributed by atoms with Crippen molar-refractivity contribution in [3.63, 3.8) is 0 Å². The summed E-state index contributed by atoms with van der Waals surface area (Å²) in [6.45, 7) is 7.56. The first-order valence-corrected chi connectivity index (χ1v) is 13.6. The standard InChI is InChI=1S/C24H36N6O7S/c1-5-6-11-35-20(33)24(9-7-8-10-24)37-30-17(19(32)28-16-14(12-25)26-18(16)31)15-13-38-21(27-15)29-22(34)36-23(2,3)4/h13-14,16H,5-12,25H2,1-4H3,(H,26,31)(H,28,32)(H,27,29,34)/b30-17-/t14-,16+/m1/s1. The fourth-order valence-electron chi connectivity index (χ4n) is 3.90. The van der Waals surface area contributed by atoms with Crippen LogP contribution < -0.4 is 21.7 Å². The number of oxime groups is 1. The number of rotatable bonds is 11. The first-order chi connectivity index (χ1) is 18.0. The topological polar surface area (TPSA) is 183 Å². The molecule has 0 radical (unpaired) electrons. The highest BCUT2D eigenvalue weighted by Crippen LogP contribution is 2.35. The zero-order valence-corrected chi connectivity index (χ0v) is 22.9. The van der Waals surface area contributed by atoms with Gasteiger partial charge in [0.1, 0.15) is 17.3 Å². The average Bonchev–Trinajstić information content (AvgIpc) is 3.50. The number of nitrogens with two attached hydrogens (primary N) is 1. The van der Waals surface area contributed by atoms with Gasteiger partial charge in [0.25, 0.3) is 5.91 Å². The lowest BCUT2D eigenvalue weighted by atomic mass is 9.99. The number of unbranched alkanes of at least 4 members (excludes halogenated alkanes) is 1. The van der Waals surface area contributed by atoms with E-state index in [-0.39, 0.29) is 35.6 Å². The molecule has 0 spiro atoms. The second kappa shape index (κ2) is 12.5. The molecular formula is C24H36N6O7S. The van der Waals surface area contributed by atoms with Gasteiger partial charge in [-0.05, 0) is 40.0 Å². The summed E-state index contributed by atoms with van der Waals surface area (Å²) >= 11 is 1.04. The van der Waals surface area contributed by atoms with E-state index >= 15 is 0 Å². The lowest BCUT2D eigenvalue weighted by molar-refractivity contribution is -0.172. The summed E-state index contributed by atoms with van der Waals surface area (Å²) in [4.78, 5) is 60.3. The molecule has 1 aromatic heterocycles. The molecule has 38 heavy (non-hydrogen) atoms. The van der Waals surface area contributed by atoms with E-state index in [1.54, 1.807) is 20.8 Å². The molecule has 1 saturated carbocycles. The maximum atomic E-state index is 13.3. The van der Waals surface area contributed by atoms with Crippen molar-refractivity contribution in [3.8, 4) is 0 Å². The Bertz CT molecular complexity index is 1060. The van der Waals surface area contributed by atoms with Crippen molar-refractivity contribution in [2.45, 2.75) is 89.5 Å². The Morgan fingerprint density at radius 1 is 1.29 bits per heavy atom. The zero-order chi connectivity index (χ0) is 27.9. The Morgan fingerprint density at radius 2 is 2.00 bits per heavy atom. The van der Waals surface area contributed by atoms with Gasteiger partial charge in [-0.2, -0.15) is 0 Å². The molecule has 1 aliphatic heterocycles. The third-order valence-electron chi connectivity index (χ3n) is 5.95. The molecule has 210 valence electrons. The van der Waals surface area contributed by atoms with Crippen LogP contribution >= 0.6 is 11.3 Å². The summed E-state index contributed by atoms with van der Waals surface area (Å²) in [5, 5.41) is 13.5. The maximum absolute atomic E-state index is 13.3. The number of thiazole rings is 1. The highest BCUT2D eigenvalue weighted by molar-refractivity contribution is 7.14. The Morgan fingerprint density at radius 3 is 2.61 bits per heavy atom. The van der Waals surface area contributed by atoms with E-state index in [2.05, 4.69) is 26.1 Å². The second-order valence-electron chi connectivity index (χ2n) is 10.2. The number of β-lactam (4-membered cyclic amide) rings is 1. The van der Waals surface area contributed by atoms with Gasteiger partial charge in [0.15, 0.2) is 10.8 Å². The molecule has 0 aromatic carbocycles. The normalized spacial score (nSPS) is 20.7. The van der Waals surface area contributed by atoms with Crippen molar-refractivity contribution in [2.75, 3.05) is 18.5 Å². The van der Waals surface area contributed by atoms with Crippen molar-refractivity contribution in [1.29, 1.82) is 0 Å². The molecule has 3 rings (SSSR count). The number of amides is 3. The number of nitrogens with one attached hydrogen (secondary N) is 3. The quantitative estimate of drug-likeness (QED) is 0.105. The van der Waals surface area contributed by atoms with Crippen LogP contribution in [0.1, 0.15) is 71.9 Å². The fraction of sp³-hybridized carbons (Fsp3) is 0.667. The second-order valence-corrected chi connectivity index (χ2v) is 11.0. The van der Waals surface area contributed by atoms with Crippen LogP contribution in [0.25, 0.3) is 0 Å². The summed E-state index contributed by atoms with van der Waals surface area (Å²) in [5.41, 5.74) is 3.43. The first-order valence-electron chi connectivity index (χ1n) is 12.7. The monoisotopic (exact) mass is 552 g/mol. The summed E-state index contributed by atoms with van der Waals surface area (Å²) in [6, 6.07) is -1.28. The zero-order valence-electron chi connectivity index (χ0n) is 22.1. The van der Waals surface area contributed by atoms with E-state index in [4.69, 9.17) is 20.0 Å². The number of esters is 1. The molecule has 2 fully saturated rings. The number of carbonyl (C=O) groups is 4. The SMILES string of the molecule is CCCCOC(=O)C1(O/N=C(\C(=O)N[C@@H]2C(=O)N[C@@H]2CN)c2csc(NC(=O)OC(C)(C)C)n2)CCCC1. The van der Waals surface area contributed by atoms with Crippen molar-refractivity contribution in [2.24, 2.45) is 10.9 Å². The van der Waals surface area contributed by atoms with Crippen LogP contribution in [0.15, 0.2) is 10.5 Å². The molecular weight excluding hydrogens is 516 g/mol. The van der Waals surface area contributed by atoms with Crippen molar-refractivity contribution in [3.05, 3.63) is 11.1 Å². The van der Waals surface area contributed by atoms with Crippen LogP contribution in [0.3, 0.4) is 0 Å². The molecule has 2 atom stereocenters. The minimum atomic E-state index is -1.32. The summed E-state index contributed by atoms with van der Waals surface area (Å²) in [7, 11) is 0. The van der Waals surface area contributed by atoms with Crippen LogP contribution in [0.5, 0.6) is 0 Å². The van der Waals surface area contributed by atoms with Gasteiger partial charge in [-0.1, -0.05) is 18.5 Å². The predicted molar refractivity (Wildman–Crippen MR) is 140 cm³/mol. The van der Waals surface area contributed by atoms with Crippen molar-refractivity contribution in [1.82, 2.24) is 15.6 Å². The van der Waals surface area contributed by atoms with E-state index in [9.17, 15) is 19.2 Å². The van der Waals surface area contributed by atoms with Gasteiger partial charge in [-0.15, -0.1) is 11.3 Å². The highest BCUT2D eigenvalue weighted by Gasteiger charge is 2.46. The number of ether oxygens (including phenoxy) is 2. The molecule has 1 saturated heterocycles. The maximum Gasteiger partial charge on any atom is 0.413 e. The summed E-state index contributed by atoms with van der Waals surface area (Å²) < 4.78 is 10.7. The van der Waals surface area contributed by atoms with Gasteiger partial charge in [-0.3, -0.25) is 14.9 Å². The minimum Gasteiger partial charge on any atom is -0.463 e. The Labute approximate surface area is 225 Å². The van der Waals surface area contributed by atoms with Crippen molar-refractivity contribution < 1.29 is 33.5 Å². The highest BCUT2D eigenvalue weighted by atomic mass is 32.1. The van der Waals surface area contributed by atoms with Crippen LogP contribution in [0.2, 0.25) is 0 Å². The number of aromatic nitrogens is 1. The minimum absolute atomic E-state index is 0.0788.